The van der Waals surface area contributed by atoms with E-state index in [4.69, 9.17) is 0 Å². The molecule has 0 saturated heterocycles. The molecule has 0 bridgehead atoms. The predicted octanol–water partition coefficient (Wildman–Crippen LogP) is 4.38. The summed E-state index contributed by atoms with van der Waals surface area (Å²) < 4.78 is 0. The molecule has 0 heterocycles. The van der Waals surface area contributed by atoms with Gasteiger partial charge in [0.1, 0.15) is 0 Å². The zero-order valence-electron chi connectivity index (χ0n) is 11.3. The van der Waals surface area contributed by atoms with Crippen LogP contribution in [0.5, 0.6) is 0 Å². The lowest BCUT2D eigenvalue weighted by Crippen LogP contribution is -2.13. The van der Waals surface area contributed by atoms with Gasteiger partial charge in [0.25, 0.3) is 0 Å². The van der Waals surface area contributed by atoms with Gasteiger partial charge in [-0.1, -0.05) is 60.7 Å². The Balaban J connectivity index is 1.77. The number of allylic oxidation sites excluding steroid dienone is 5. The highest BCUT2D eigenvalue weighted by molar-refractivity contribution is 6.20. The van der Waals surface area contributed by atoms with Crippen molar-refractivity contribution in [2.45, 2.75) is 0 Å². The summed E-state index contributed by atoms with van der Waals surface area (Å²) in [6.07, 6.45) is 6.48. The third kappa shape index (κ3) is 1.28. The van der Waals surface area contributed by atoms with Crippen LogP contribution >= 0.6 is 0 Å². The van der Waals surface area contributed by atoms with Crippen LogP contribution in [0.25, 0.3) is 17.2 Å². The summed E-state index contributed by atoms with van der Waals surface area (Å²) in [5, 5.41) is 0. The van der Waals surface area contributed by atoms with E-state index < -0.39 is 0 Å². The first-order valence-corrected chi connectivity index (χ1v) is 7.21. The monoisotopic (exact) mass is 268 g/mol. The zero-order chi connectivity index (χ0) is 14.0. The Morgan fingerprint density at radius 2 is 1.43 bits per heavy atom. The molecule has 0 fully saturated rings. The molecule has 0 amide bonds. The highest BCUT2D eigenvalue weighted by atomic mass is 16.1. The van der Waals surface area contributed by atoms with Crippen LogP contribution in [0.4, 0.5) is 0 Å². The summed E-state index contributed by atoms with van der Waals surface area (Å²) in [5.74, 6) is 0.122. The number of benzene rings is 2. The summed E-state index contributed by atoms with van der Waals surface area (Å²) in [6, 6.07) is 16.3. The summed E-state index contributed by atoms with van der Waals surface area (Å²) in [5.41, 5.74) is 7.94. The van der Waals surface area contributed by atoms with Gasteiger partial charge in [0.05, 0.1) is 5.92 Å². The van der Waals surface area contributed by atoms with Crippen molar-refractivity contribution in [3.8, 4) is 0 Å². The minimum atomic E-state index is -0.116. The predicted molar refractivity (Wildman–Crippen MR) is 84.6 cm³/mol. The lowest BCUT2D eigenvalue weighted by Gasteiger charge is -2.19. The van der Waals surface area contributed by atoms with E-state index in [2.05, 4.69) is 42.5 Å². The first-order chi connectivity index (χ1) is 10.3. The lowest BCUT2D eigenvalue weighted by molar-refractivity contribution is 0.0974. The Hall–Kier alpha value is -2.67. The van der Waals surface area contributed by atoms with Crippen LogP contribution in [-0.4, -0.2) is 5.78 Å². The zero-order valence-corrected chi connectivity index (χ0v) is 11.3. The fourth-order valence-electron chi connectivity index (χ4n) is 3.76. The van der Waals surface area contributed by atoms with Crippen LogP contribution in [0.15, 0.2) is 66.3 Å². The summed E-state index contributed by atoms with van der Waals surface area (Å²) in [6.45, 7) is 0. The van der Waals surface area contributed by atoms with Crippen LogP contribution in [0.1, 0.15) is 27.0 Å². The van der Waals surface area contributed by atoms with Crippen LogP contribution in [0.3, 0.4) is 0 Å². The molecule has 3 aliphatic rings. The summed E-state index contributed by atoms with van der Waals surface area (Å²) in [7, 11) is 0. The van der Waals surface area contributed by atoms with Crippen LogP contribution in [-0.2, 0) is 0 Å². The maximum atomic E-state index is 12.8. The first-order valence-electron chi connectivity index (χ1n) is 7.21. The minimum absolute atomic E-state index is 0.116. The Bertz CT molecular complexity index is 909. The van der Waals surface area contributed by atoms with Crippen molar-refractivity contribution in [2.75, 3.05) is 0 Å². The third-order valence-electron chi connectivity index (χ3n) is 4.69. The Morgan fingerprint density at radius 1 is 0.714 bits per heavy atom. The van der Waals surface area contributed by atoms with Crippen LogP contribution in [0, 0.1) is 5.92 Å². The molecular weight excluding hydrogens is 256 g/mol. The highest BCUT2D eigenvalue weighted by Crippen LogP contribution is 2.51. The minimum Gasteiger partial charge on any atom is -0.293 e. The molecule has 1 atom stereocenters. The SMILES string of the molecule is O=C1c2ccccc2C2=CC=C3C(=Cc4ccccc43)C12. The molecule has 0 aliphatic heterocycles. The van der Waals surface area contributed by atoms with Gasteiger partial charge in [0.2, 0.25) is 0 Å². The topological polar surface area (TPSA) is 17.1 Å². The van der Waals surface area contributed by atoms with Crippen molar-refractivity contribution in [2.24, 2.45) is 5.92 Å². The highest BCUT2D eigenvalue weighted by Gasteiger charge is 2.41. The number of fused-ring (bicyclic) bond motifs is 7. The molecule has 3 aliphatic carbocycles. The van der Waals surface area contributed by atoms with Gasteiger partial charge in [-0.05, 0) is 39.5 Å². The fourth-order valence-corrected chi connectivity index (χ4v) is 3.76. The molecule has 0 N–H and O–H groups in total. The molecule has 5 rings (SSSR count). The van der Waals surface area contributed by atoms with E-state index >= 15 is 0 Å². The molecule has 0 spiro atoms. The van der Waals surface area contributed by atoms with Gasteiger partial charge in [-0.2, -0.15) is 0 Å². The fraction of sp³-hybridized carbons (Fsp3) is 0.0500. The molecule has 1 unspecified atom stereocenters. The summed E-state index contributed by atoms with van der Waals surface area (Å²) in [4.78, 5) is 12.8. The average Bonchev–Trinajstić information content (AvgIpc) is 3.04. The van der Waals surface area contributed by atoms with Gasteiger partial charge in [0.15, 0.2) is 5.78 Å². The second-order valence-electron chi connectivity index (χ2n) is 5.73. The number of hydrogen-bond donors (Lipinski definition) is 0. The van der Waals surface area contributed by atoms with E-state index in [1.807, 2.05) is 24.3 Å². The van der Waals surface area contributed by atoms with E-state index in [1.54, 1.807) is 0 Å². The van der Waals surface area contributed by atoms with Crippen molar-refractivity contribution in [1.82, 2.24) is 0 Å². The van der Waals surface area contributed by atoms with E-state index in [0.717, 1.165) is 22.3 Å². The normalized spacial score (nSPS) is 20.9. The summed E-state index contributed by atoms with van der Waals surface area (Å²) >= 11 is 0. The van der Waals surface area contributed by atoms with Crippen molar-refractivity contribution >= 4 is 23.0 Å². The van der Waals surface area contributed by atoms with Crippen molar-refractivity contribution in [3.05, 3.63) is 88.5 Å². The van der Waals surface area contributed by atoms with Gasteiger partial charge in [-0.15, -0.1) is 0 Å². The van der Waals surface area contributed by atoms with Gasteiger partial charge in [-0.25, -0.2) is 0 Å². The van der Waals surface area contributed by atoms with Crippen molar-refractivity contribution in [1.29, 1.82) is 0 Å². The number of carbonyl (C=O) groups excluding carboxylic acids is 1. The molecule has 21 heavy (non-hydrogen) atoms. The Kier molecular flexibility index (Phi) is 1.95. The molecule has 2 aromatic carbocycles. The van der Waals surface area contributed by atoms with E-state index in [1.165, 1.54) is 16.7 Å². The standard InChI is InChI=1S/C20H12O/c21-20-17-8-4-3-7-14(17)16-10-9-15-13-6-2-1-5-12(13)11-18(15)19(16)20/h1-11,19H. The lowest BCUT2D eigenvalue weighted by atomic mass is 9.82. The number of carbonyl (C=O) groups is 1. The molecular formula is C20H12O. The molecule has 1 heteroatoms. The number of ketones is 1. The number of Topliss-reactive ketones (excluding diaryl/α,β-unsaturated/α-hetero) is 1. The van der Waals surface area contributed by atoms with Crippen molar-refractivity contribution in [3.63, 3.8) is 0 Å². The molecule has 2 aromatic rings. The Morgan fingerprint density at radius 3 is 2.29 bits per heavy atom. The maximum absolute atomic E-state index is 12.8. The van der Waals surface area contributed by atoms with E-state index in [-0.39, 0.29) is 11.7 Å². The first kappa shape index (κ1) is 11.0. The van der Waals surface area contributed by atoms with Gasteiger partial charge < -0.3 is 0 Å². The third-order valence-corrected chi connectivity index (χ3v) is 4.69. The Labute approximate surface area is 122 Å². The van der Waals surface area contributed by atoms with Gasteiger partial charge in [-0.3, -0.25) is 4.79 Å². The van der Waals surface area contributed by atoms with Gasteiger partial charge >= 0.3 is 0 Å². The molecule has 0 saturated carbocycles. The van der Waals surface area contributed by atoms with Gasteiger partial charge in [0, 0.05) is 5.56 Å². The van der Waals surface area contributed by atoms with Crippen LogP contribution in [0.2, 0.25) is 0 Å². The van der Waals surface area contributed by atoms with Crippen molar-refractivity contribution < 1.29 is 4.79 Å². The largest absolute Gasteiger partial charge is 0.293 e. The number of hydrogen-bond acceptors (Lipinski definition) is 1. The smallest absolute Gasteiger partial charge is 0.175 e. The second-order valence-corrected chi connectivity index (χ2v) is 5.73. The van der Waals surface area contributed by atoms with Crippen LogP contribution < -0.4 is 0 Å². The van der Waals surface area contributed by atoms with E-state index in [9.17, 15) is 4.79 Å². The molecule has 0 aromatic heterocycles. The maximum Gasteiger partial charge on any atom is 0.175 e. The average molecular weight is 268 g/mol. The second kappa shape index (κ2) is 3.70. The quantitative estimate of drug-likeness (QED) is 0.693. The molecule has 1 nitrogen and oxygen atoms in total. The molecule has 0 radical (unpaired) electrons. The van der Waals surface area contributed by atoms with E-state index in [0.29, 0.717) is 0 Å². The molecule has 98 valence electrons. The number of rotatable bonds is 0.